The van der Waals surface area contributed by atoms with Crippen LogP contribution in [0.25, 0.3) is 77.7 Å². The van der Waals surface area contributed by atoms with E-state index < -0.39 is 0 Å². The SMILES string of the molecule is c1ccc(-c2cc(-c3cc(-c4ccc(-c5cccnc5)c5ccccc45)nc(-c4ccccc4)n3)c3ccccc3c2)cc1. The minimum atomic E-state index is 0.702. The number of pyridine rings is 1. The lowest BCUT2D eigenvalue weighted by Crippen LogP contribution is -1.97. The second-order valence-corrected chi connectivity index (χ2v) is 10.9. The molecular weight excluding hydrogens is 534 g/mol. The van der Waals surface area contributed by atoms with Gasteiger partial charge in [-0.05, 0) is 62.5 Å². The molecule has 0 spiro atoms. The van der Waals surface area contributed by atoms with Gasteiger partial charge in [0, 0.05) is 34.6 Å². The third kappa shape index (κ3) is 4.71. The van der Waals surface area contributed by atoms with Gasteiger partial charge in [-0.3, -0.25) is 4.98 Å². The maximum atomic E-state index is 5.21. The van der Waals surface area contributed by atoms with E-state index >= 15 is 0 Å². The Hall–Kier alpha value is -5.93. The molecule has 0 aliphatic rings. The molecule has 206 valence electrons. The van der Waals surface area contributed by atoms with Crippen LogP contribution in [0.15, 0.2) is 164 Å². The van der Waals surface area contributed by atoms with Crippen molar-refractivity contribution in [2.45, 2.75) is 0 Å². The predicted octanol–water partition coefficient (Wildman–Crippen LogP) is 10.5. The third-order valence-electron chi connectivity index (χ3n) is 8.18. The molecule has 0 bridgehead atoms. The molecule has 0 fully saturated rings. The monoisotopic (exact) mass is 561 g/mol. The smallest absolute Gasteiger partial charge is 0.160 e. The van der Waals surface area contributed by atoms with E-state index in [1.165, 1.54) is 10.9 Å². The molecule has 0 amide bonds. The summed E-state index contributed by atoms with van der Waals surface area (Å²) in [6.45, 7) is 0. The highest BCUT2D eigenvalue weighted by molar-refractivity contribution is 6.05. The van der Waals surface area contributed by atoms with Gasteiger partial charge in [0.25, 0.3) is 0 Å². The molecule has 0 saturated carbocycles. The van der Waals surface area contributed by atoms with Gasteiger partial charge in [0.05, 0.1) is 11.4 Å². The van der Waals surface area contributed by atoms with Crippen molar-refractivity contribution >= 4 is 21.5 Å². The van der Waals surface area contributed by atoms with Crippen LogP contribution in [0.2, 0.25) is 0 Å². The van der Waals surface area contributed by atoms with Crippen molar-refractivity contribution in [3.8, 4) is 56.2 Å². The number of benzene rings is 6. The fraction of sp³-hybridized carbons (Fsp3) is 0. The summed E-state index contributed by atoms with van der Waals surface area (Å²) in [6.07, 6.45) is 3.73. The van der Waals surface area contributed by atoms with Crippen molar-refractivity contribution < 1.29 is 0 Å². The Bertz CT molecular complexity index is 2260. The van der Waals surface area contributed by atoms with Gasteiger partial charge < -0.3 is 0 Å². The average molecular weight is 562 g/mol. The summed E-state index contributed by atoms with van der Waals surface area (Å²) in [4.78, 5) is 14.8. The maximum Gasteiger partial charge on any atom is 0.160 e. The fourth-order valence-corrected chi connectivity index (χ4v) is 6.06. The summed E-state index contributed by atoms with van der Waals surface area (Å²) in [5.41, 5.74) is 9.48. The standard InChI is InChI=1S/C41H27N3/c1-3-12-28(13-4-1)32-24-30-16-7-8-18-33(30)38(25-32)40-26-39(43-41(44-40)29-14-5-2-6-15-29)37-22-21-34(31-17-11-23-42-27-31)35-19-9-10-20-36(35)37/h1-27H. The van der Waals surface area contributed by atoms with Crippen LogP contribution < -0.4 is 0 Å². The van der Waals surface area contributed by atoms with E-state index in [1.807, 2.05) is 36.7 Å². The normalized spacial score (nSPS) is 11.2. The number of rotatable bonds is 5. The number of fused-ring (bicyclic) bond motifs is 2. The summed E-state index contributed by atoms with van der Waals surface area (Å²) in [7, 11) is 0. The third-order valence-corrected chi connectivity index (χ3v) is 8.18. The Labute approximate surface area is 256 Å². The molecule has 2 aromatic heterocycles. The molecule has 0 atom stereocenters. The van der Waals surface area contributed by atoms with Crippen molar-refractivity contribution in [1.29, 1.82) is 0 Å². The highest BCUT2D eigenvalue weighted by atomic mass is 14.9. The van der Waals surface area contributed by atoms with E-state index in [0.717, 1.165) is 60.9 Å². The van der Waals surface area contributed by atoms with Crippen molar-refractivity contribution in [3.05, 3.63) is 164 Å². The summed E-state index contributed by atoms with van der Waals surface area (Å²) in [6, 6.07) is 53.0. The molecule has 0 saturated heterocycles. The van der Waals surface area contributed by atoms with E-state index in [1.54, 1.807) is 0 Å². The van der Waals surface area contributed by atoms with Gasteiger partial charge >= 0.3 is 0 Å². The highest BCUT2D eigenvalue weighted by Crippen LogP contribution is 2.39. The van der Waals surface area contributed by atoms with Crippen LogP contribution in [-0.2, 0) is 0 Å². The van der Waals surface area contributed by atoms with Crippen molar-refractivity contribution in [3.63, 3.8) is 0 Å². The Morgan fingerprint density at radius 3 is 1.68 bits per heavy atom. The quantitative estimate of drug-likeness (QED) is 0.210. The van der Waals surface area contributed by atoms with Gasteiger partial charge in [0.1, 0.15) is 0 Å². The lowest BCUT2D eigenvalue weighted by Gasteiger charge is -2.15. The van der Waals surface area contributed by atoms with Gasteiger partial charge in [-0.15, -0.1) is 0 Å². The zero-order chi connectivity index (χ0) is 29.3. The second kappa shape index (κ2) is 11.0. The highest BCUT2D eigenvalue weighted by Gasteiger charge is 2.17. The molecule has 44 heavy (non-hydrogen) atoms. The molecule has 6 aromatic carbocycles. The van der Waals surface area contributed by atoms with Crippen molar-refractivity contribution in [2.24, 2.45) is 0 Å². The first-order valence-corrected chi connectivity index (χ1v) is 14.8. The molecule has 0 unspecified atom stereocenters. The first-order chi connectivity index (χ1) is 21.8. The van der Waals surface area contributed by atoms with Crippen LogP contribution in [0.3, 0.4) is 0 Å². The molecule has 8 rings (SSSR count). The first kappa shape index (κ1) is 25.8. The van der Waals surface area contributed by atoms with Crippen LogP contribution in [0.4, 0.5) is 0 Å². The molecular formula is C41H27N3. The van der Waals surface area contributed by atoms with Gasteiger partial charge in [0.2, 0.25) is 0 Å². The average Bonchev–Trinajstić information content (AvgIpc) is 3.11. The number of hydrogen-bond donors (Lipinski definition) is 0. The minimum Gasteiger partial charge on any atom is -0.264 e. The van der Waals surface area contributed by atoms with Crippen LogP contribution in [0.1, 0.15) is 0 Å². The molecule has 8 aromatic rings. The second-order valence-electron chi connectivity index (χ2n) is 10.9. The summed E-state index contributed by atoms with van der Waals surface area (Å²) >= 11 is 0. The maximum absolute atomic E-state index is 5.21. The van der Waals surface area contributed by atoms with Gasteiger partial charge in [-0.25, -0.2) is 9.97 Å². The number of aromatic nitrogens is 3. The molecule has 0 N–H and O–H groups in total. The van der Waals surface area contributed by atoms with Crippen LogP contribution in [0, 0.1) is 0 Å². The Morgan fingerprint density at radius 2 is 0.955 bits per heavy atom. The fourth-order valence-electron chi connectivity index (χ4n) is 6.06. The predicted molar refractivity (Wildman–Crippen MR) is 182 cm³/mol. The van der Waals surface area contributed by atoms with E-state index in [-0.39, 0.29) is 0 Å². The van der Waals surface area contributed by atoms with E-state index in [9.17, 15) is 0 Å². The number of hydrogen-bond acceptors (Lipinski definition) is 3. The Morgan fingerprint density at radius 1 is 0.364 bits per heavy atom. The van der Waals surface area contributed by atoms with Crippen LogP contribution >= 0.6 is 0 Å². The minimum absolute atomic E-state index is 0.702. The van der Waals surface area contributed by atoms with Crippen LogP contribution in [-0.4, -0.2) is 15.0 Å². The van der Waals surface area contributed by atoms with Gasteiger partial charge in [0.15, 0.2) is 5.82 Å². The van der Waals surface area contributed by atoms with Gasteiger partial charge in [-0.2, -0.15) is 0 Å². The summed E-state index contributed by atoms with van der Waals surface area (Å²) < 4.78 is 0. The first-order valence-electron chi connectivity index (χ1n) is 14.8. The van der Waals surface area contributed by atoms with Crippen LogP contribution in [0.5, 0.6) is 0 Å². The van der Waals surface area contributed by atoms with E-state index in [2.05, 4.69) is 132 Å². The molecule has 2 heterocycles. The van der Waals surface area contributed by atoms with E-state index in [0.29, 0.717) is 5.82 Å². The van der Waals surface area contributed by atoms with E-state index in [4.69, 9.17) is 9.97 Å². The summed E-state index contributed by atoms with van der Waals surface area (Å²) in [5.74, 6) is 0.702. The molecule has 3 heteroatoms. The molecule has 0 aliphatic carbocycles. The topological polar surface area (TPSA) is 38.7 Å². The molecule has 3 nitrogen and oxygen atoms in total. The zero-order valence-electron chi connectivity index (χ0n) is 23.9. The lowest BCUT2D eigenvalue weighted by molar-refractivity contribution is 1.19. The van der Waals surface area contributed by atoms with Crippen molar-refractivity contribution in [1.82, 2.24) is 15.0 Å². The molecule has 0 radical (unpaired) electrons. The zero-order valence-corrected chi connectivity index (χ0v) is 23.9. The number of nitrogens with zero attached hydrogens (tertiary/aromatic N) is 3. The largest absolute Gasteiger partial charge is 0.264 e. The lowest BCUT2D eigenvalue weighted by atomic mass is 9.92. The Kier molecular flexibility index (Phi) is 6.47. The Balaban J connectivity index is 1.40. The van der Waals surface area contributed by atoms with Crippen molar-refractivity contribution in [2.75, 3.05) is 0 Å². The molecule has 0 aliphatic heterocycles. The van der Waals surface area contributed by atoms with Gasteiger partial charge in [-0.1, -0.05) is 127 Å². The summed E-state index contributed by atoms with van der Waals surface area (Å²) in [5, 5.41) is 4.64.